The van der Waals surface area contributed by atoms with Crippen molar-refractivity contribution in [3.8, 4) is 23.3 Å². The van der Waals surface area contributed by atoms with E-state index < -0.39 is 10.0 Å². The maximum atomic E-state index is 12.4. The molecule has 2 aromatic rings. The van der Waals surface area contributed by atoms with E-state index in [1.54, 1.807) is 30.3 Å². The van der Waals surface area contributed by atoms with Gasteiger partial charge in [-0.05, 0) is 49.2 Å². The van der Waals surface area contributed by atoms with E-state index in [2.05, 4.69) is 4.72 Å². The lowest BCUT2D eigenvalue weighted by atomic mass is 10.2. The summed E-state index contributed by atoms with van der Waals surface area (Å²) in [5.41, 5.74) is 0.546. The van der Waals surface area contributed by atoms with Crippen molar-refractivity contribution in [1.29, 1.82) is 5.26 Å². The van der Waals surface area contributed by atoms with E-state index in [0.717, 1.165) is 0 Å². The number of carbonyl (C=O) groups is 1. The zero-order valence-electron chi connectivity index (χ0n) is 18.1. The highest BCUT2D eigenvalue weighted by molar-refractivity contribution is 7.89. The Morgan fingerprint density at radius 2 is 1.76 bits per heavy atom. The van der Waals surface area contributed by atoms with Crippen LogP contribution in [0.4, 0.5) is 0 Å². The Morgan fingerprint density at radius 1 is 1.00 bits per heavy atom. The van der Waals surface area contributed by atoms with Crippen LogP contribution in [0.25, 0.3) is 0 Å². The van der Waals surface area contributed by atoms with Gasteiger partial charge >= 0.3 is 5.97 Å². The Kier molecular flexibility index (Phi) is 8.92. The Bertz CT molecular complexity index is 1080. The average molecular weight is 475 g/mol. The summed E-state index contributed by atoms with van der Waals surface area (Å²) in [5, 5.41) is 8.75. The predicted molar refractivity (Wildman–Crippen MR) is 119 cm³/mol. The van der Waals surface area contributed by atoms with Gasteiger partial charge in [0.1, 0.15) is 32.2 Å². The first kappa shape index (κ1) is 24.4. The number of carbonyl (C=O) groups excluding carboxylic acids is 1. The van der Waals surface area contributed by atoms with Gasteiger partial charge in [-0.2, -0.15) is 5.26 Å². The number of ether oxygens (including phenoxy) is 4. The fourth-order valence-corrected chi connectivity index (χ4v) is 4.15. The molecule has 0 spiro atoms. The molecule has 0 bridgehead atoms. The molecule has 0 amide bonds. The van der Waals surface area contributed by atoms with Crippen molar-refractivity contribution in [2.75, 3.05) is 33.0 Å². The topological polar surface area (TPSA) is 124 Å². The Balaban J connectivity index is 1.25. The number of sulfonamides is 1. The molecule has 3 rings (SSSR count). The SMILES string of the molecule is N#Cc1ccc(OCCOC(=O)CCCCCNS(=O)(=O)c2ccc3c(c2)OCCO3)cc1. The van der Waals surface area contributed by atoms with Crippen LogP contribution in [0.5, 0.6) is 17.2 Å². The first-order valence-corrected chi connectivity index (χ1v) is 12.1. The summed E-state index contributed by atoms with van der Waals surface area (Å²) in [4.78, 5) is 11.9. The molecular weight excluding hydrogens is 448 g/mol. The van der Waals surface area contributed by atoms with E-state index in [0.29, 0.717) is 55.3 Å². The third kappa shape index (κ3) is 7.66. The van der Waals surface area contributed by atoms with E-state index in [1.807, 2.05) is 6.07 Å². The quantitative estimate of drug-likeness (QED) is 0.368. The number of fused-ring (bicyclic) bond motifs is 1. The summed E-state index contributed by atoms with van der Waals surface area (Å²) in [5.74, 6) is 1.23. The summed E-state index contributed by atoms with van der Waals surface area (Å²) >= 11 is 0. The standard InChI is InChI=1S/C23H26N2O7S/c24-17-18-5-7-19(8-6-18)29-12-15-32-23(26)4-2-1-3-11-25-33(27,28)20-9-10-21-22(16-20)31-14-13-30-21/h5-10,16,25H,1-4,11-15H2. The van der Waals surface area contributed by atoms with Gasteiger partial charge < -0.3 is 18.9 Å². The number of hydrogen-bond donors (Lipinski definition) is 1. The van der Waals surface area contributed by atoms with Crippen molar-refractivity contribution >= 4 is 16.0 Å². The fourth-order valence-electron chi connectivity index (χ4n) is 3.06. The third-order valence-corrected chi connectivity index (χ3v) is 6.23. The number of nitrogens with one attached hydrogen (secondary N) is 1. The molecule has 0 saturated carbocycles. The van der Waals surface area contributed by atoms with Crippen LogP contribution < -0.4 is 18.9 Å². The molecule has 1 aliphatic heterocycles. The molecule has 0 saturated heterocycles. The maximum Gasteiger partial charge on any atom is 0.305 e. The van der Waals surface area contributed by atoms with Crippen LogP contribution in [0, 0.1) is 11.3 Å². The molecule has 33 heavy (non-hydrogen) atoms. The van der Waals surface area contributed by atoms with E-state index in [1.165, 1.54) is 12.1 Å². The van der Waals surface area contributed by atoms with Gasteiger partial charge in [0.15, 0.2) is 11.5 Å². The third-order valence-electron chi connectivity index (χ3n) is 4.77. The van der Waals surface area contributed by atoms with Gasteiger partial charge in [0.2, 0.25) is 10.0 Å². The number of benzene rings is 2. The zero-order valence-corrected chi connectivity index (χ0v) is 18.9. The molecule has 10 heteroatoms. The van der Waals surface area contributed by atoms with Crippen LogP contribution >= 0.6 is 0 Å². The second-order valence-electron chi connectivity index (χ2n) is 7.22. The van der Waals surface area contributed by atoms with Crippen LogP contribution in [0.3, 0.4) is 0 Å². The predicted octanol–water partition coefficient (Wildman–Crippen LogP) is 2.79. The molecule has 0 fully saturated rings. The lowest BCUT2D eigenvalue weighted by molar-refractivity contribution is -0.144. The molecule has 9 nitrogen and oxygen atoms in total. The van der Waals surface area contributed by atoms with E-state index in [4.69, 9.17) is 24.2 Å². The first-order valence-electron chi connectivity index (χ1n) is 10.7. The van der Waals surface area contributed by atoms with E-state index in [9.17, 15) is 13.2 Å². The smallest absolute Gasteiger partial charge is 0.305 e. The van der Waals surface area contributed by atoms with Gasteiger partial charge in [-0.25, -0.2) is 13.1 Å². The van der Waals surface area contributed by atoms with Crippen molar-refractivity contribution in [1.82, 2.24) is 4.72 Å². The maximum absolute atomic E-state index is 12.4. The molecule has 0 radical (unpaired) electrons. The van der Waals surface area contributed by atoms with Crippen molar-refractivity contribution in [2.24, 2.45) is 0 Å². The monoisotopic (exact) mass is 474 g/mol. The van der Waals surface area contributed by atoms with Crippen LogP contribution in [0.2, 0.25) is 0 Å². The molecular formula is C23H26N2O7S. The van der Waals surface area contributed by atoms with Crippen LogP contribution in [0.1, 0.15) is 31.2 Å². The van der Waals surface area contributed by atoms with Gasteiger partial charge in [0, 0.05) is 19.0 Å². The Labute approximate surface area is 193 Å². The molecule has 2 aromatic carbocycles. The molecule has 0 aliphatic carbocycles. The van der Waals surface area contributed by atoms with Crippen molar-refractivity contribution in [3.63, 3.8) is 0 Å². The van der Waals surface area contributed by atoms with Gasteiger partial charge in [0.25, 0.3) is 0 Å². The van der Waals surface area contributed by atoms with E-state index >= 15 is 0 Å². The van der Waals surface area contributed by atoms with Gasteiger partial charge in [-0.15, -0.1) is 0 Å². The number of unbranched alkanes of at least 4 members (excludes halogenated alkanes) is 2. The highest BCUT2D eigenvalue weighted by Gasteiger charge is 2.18. The molecule has 1 aliphatic rings. The number of hydrogen-bond acceptors (Lipinski definition) is 8. The van der Waals surface area contributed by atoms with Gasteiger partial charge in [-0.3, -0.25) is 4.79 Å². The normalized spacial score (nSPS) is 12.6. The molecule has 0 atom stereocenters. The van der Waals surface area contributed by atoms with Crippen molar-refractivity contribution in [2.45, 2.75) is 30.6 Å². The average Bonchev–Trinajstić information content (AvgIpc) is 2.84. The number of nitriles is 1. The summed E-state index contributed by atoms with van der Waals surface area (Å²) in [6, 6.07) is 13.2. The number of nitrogens with zero attached hydrogens (tertiary/aromatic N) is 1. The Hall–Kier alpha value is -3.29. The Morgan fingerprint density at radius 3 is 2.52 bits per heavy atom. The lowest BCUT2D eigenvalue weighted by Crippen LogP contribution is -2.25. The molecule has 176 valence electrons. The molecule has 0 aromatic heterocycles. The minimum absolute atomic E-state index is 0.124. The van der Waals surface area contributed by atoms with Crippen molar-refractivity contribution in [3.05, 3.63) is 48.0 Å². The minimum Gasteiger partial charge on any atom is -0.490 e. The summed E-state index contributed by atoms with van der Waals surface area (Å²) in [7, 11) is -3.65. The minimum atomic E-state index is -3.65. The van der Waals surface area contributed by atoms with Crippen LogP contribution in [0.15, 0.2) is 47.4 Å². The van der Waals surface area contributed by atoms with Crippen LogP contribution in [-0.2, 0) is 19.6 Å². The van der Waals surface area contributed by atoms with E-state index in [-0.39, 0.29) is 37.0 Å². The lowest BCUT2D eigenvalue weighted by Gasteiger charge is -2.18. The summed E-state index contributed by atoms with van der Waals surface area (Å²) < 4.78 is 48.8. The highest BCUT2D eigenvalue weighted by Crippen LogP contribution is 2.32. The van der Waals surface area contributed by atoms with Gasteiger partial charge in [-0.1, -0.05) is 6.42 Å². The van der Waals surface area contributed by atoms with Crippen molar-refractivity contribution < 1.29 is 32.2 Å². The largest absolute Gasteiger partial charge is 0.490 e. The number of esters is 1. The highest BCUT2D eigenvalue weighted by atomic mass is 32.2. The van der Waals surface area contributed by atoms with Gasteiger partial charge in [0.05, 0.1) is 16.5 Å². The first-order chi connectivity index (χ1) is 16.0. The summed E-state index contributed by atoms with van der Waals surface area (Å²) in [6.07, 6.45) is 2.13. The molecule has 1 N–H and O–H groups in total. The van der Waals surface area contributed by atoms with Crippen LogP contribution in [-0.4, -0.2) is 47.4 Å². The fraction of sp³-hybridized carbons (Fsp3) is 0.391. The zero-order chi connectivity index (χ0) is 23.5. The second kappa shape index (κ2) is 12.1. The summed E-state index contributed by atoms with van der Waals surface area (Å²) in [6.45, 7) is 1.45. The second-order valence-corrected chi connectivity index (χ2v) is 8.99. The number of rotatable bonds is 12. The molecule has 0 unspecified atom stereocenters. The molecule has 1 heterocycles.